The van der Waals surface area contributed by atoms with Gasteiger partial charge in [-0.2, -0.15) is 0 Å². The summed E-state index contributed by atoms with van der Waals surface area (Å²) in [5, 5.41) is 8.34. The van der Waals surface area contributed by atoms with Crippen molar-refractivity contribution in [1.29, 1.82) is 0 Å². The molecule has 1 N–H and O–H groups in total. The molecule has 424 valence electrons. The molecule has 78 heavy (non-hydrogen) atoms. The number of halogens is 6. The van der Waals surface area contributed by atoms with Crippen LogP contribution in [0.15, 0.2) is 82.7 Å². The van der Waals surface area contributed by atoms with E-state index in [1.54, 1.807) is 20.8 Å². The van der Waals surface area contributed by atoms with Crippen LogP contribution in [0.2, 0.25) is 26.1 Å². The second-order valence-corrected chi connectivity index (χ2v) is 21.1. The van der Waals surface area contributed by atoms with Gasteiger partial charge in [0.15, 0.2) is 61.2 Å². The summed E-state index contributed by atoms with van der Waals surface area (Å²) >= 11 is 32.0. The SMILES string of the molecule is CC(=O)C(C(=O)c1ccc(Cl)o1)C(=O)C1CC1.CC(=O)OC(C)(C)C.CC(C)(C)OC(=O)CC(=O)C1CC1.O=C(CC(=O)C1CC1)c1ccc(Cl)o1.O=C(Cl)c1ccc(Cl)o1.O=C(O)c1ccc(Cl)o1.O=Cc1ccc(Cl)o1. The number of Topliss-reactive ketones (excluding diaryl/α,β-unsaturated/α-hetero) is 6. The second kappa shape index (κ2) is 32.1. The predicted molar refractivity (Wildman–Crippen MR) is 284 cm³/mol. The smallest absolute Gasteiger partial charge is 0.371 e. The van der Waals surface area contributed by atoms with Gasteiger partial charge in [0.25, 0.3) is 5.24 Å². The van der Waals surface area contributed by atoms with Gasteiger partial charge in [0.1, 0.15) is 40.9 Å². The number of furan rings is 5. The van der Waals surface area contributed by atoms with Gasteiger partial charge in [-0.15, -0.1) is 0 Å². The van der Waals surface area contributed by atoms with Gasteiger partial charge < -0.3 is 36.7 Å². The maximum Gasteiger partial charge on any atom is 0.371 e. The molecule has 3 saturated carbocycles. The minimum Gasteiger partial charge on any atom is -0.475 e. The molecule has 5 heterocycles. The number of carbonyl (C=O) groups excluding carboxylic acids is 10. The fourth-order valence-corrected chi connectivity index (χ4v) is 6.55. The van der Waals surface area contributed by atoms with Crippen molar-refractivity contribution in [2.24, 2.45) is 23.7 Å². The van der Waals surface area contributed by atoms with Crippen molar-refractivity contribution in [3.63, 3.8) is 0 Å². The van der Waals surface area contributed by atoms with Crippen LogP contribution >= 0.6 is 69.6 Å². The van der Waals surface area contributed by atoms with Crippen LogP contribution in [0.5, 0.6) is 0 Å². The van der Waals surface area contributed by atoms with E-state index in [0.717, 1.165) is 38.5 Å². The van der Waals surface area contributed by atoms with Gasteiger partial charge in [0, 0.05) is 24.7 Å². The fraction of sp³-hybridized carbons (Fsp3) is 0.415. The molecule has 3 fully saturated rings. The quantitative estimate of drug-likeness (QED) is 0.0335. The monoisotopic (exact) mass is 1210 g/mol. The van der Waals surface area contributed by atoms with Crippen molar-refractivity contribution >= 4 is 134 Å². The van der Waals surface area contributed by atoms with E-state index in [1.807, 2.05) is 20.8 Å². The second-order valence-electron chi connectivity index (χ2n) is 18.9. The fourth-order valence-electron chi connectivity index (χ4n) is 5.71. The summed E-state index contributed by atoms with van der Waals surface area (Å²) < 4.78 is 33.4. The third kappa shape index (κ3) is 28.5. The van der Waals surface area contributed by atoms with Crippen molar-refractivity contribution in [3.05, 3.63) is 116 Å². The topological polar surface area (TPSA) is 292 Å². The first-order chi connectivity index (χ1) is 36.2. The van der Waals surface area contributed by atoms with Crippen molar-refractivity contribution in [2.75, 3.05) is 0 Å². The predicted octanol–water partition coefficient (Wildman–Crippen LogP) is 13.5. The number of aldehydes is 1. The molecule has 0 amide bonds. The van der Waals surface area contributed by atoms with Crippen LogP contribution < -0.4 is 0 Å². The molecule has 1 unspecified atom stereocenters. The van der Waals surface area contributed by atoms with Gasteiger partial charge in [0.05, 0.1) is 6.42 Å². The van der Waals surface area contributed by atoms with Crippen LogP contribution in [0.25, 0.3) is 0 Å². The number of esters is 2. The van der Waals surface area contributed by atoms with Gasteiger partial charge in [-0.05, 0) is 217 Å². The maximum absolute atomic E-state index is 12.0. The van der Waals surface area contributed by atoms with Gasteiger partial charge in [-0.25, -0.2) is 4.79 Å². The standard InChI is InChI=1S/C12H11ClO4.C10H9ClO3.C10H16O3.C6H12O2.C5H2Cl2O2.C5H3ClO3.C5H3ClO2/c1-6(14)10(11(15)7-2-3-7)12(16)8-4-5-9(13)17-8;11-10-4-3-9(14-10)8(13)5-7(12)6-1-2-6;1-10(2,3)13-9(12)6-8(11)7-4-5-7;1-5(7)8-6(2,3)4;2*6-4-2-1-3(9-4)5(7)8;6-5-2-1-4(3-7)8-5/h4-5,7,10H,2-3H2,1H3;3-4,6H,1-2,5H2;7H,4-6H2,1-3H3;1-4H3;1-2H;1-2H,(H,7,8);1-3H. The third-order valence-electron chi connectivity index (χ3n) is 9.45. The molecule has 5 aromatic heterocycles. The Labute approximate surface area is 477 Å². The van der Waals surface area contributed by atoms with Gasteiger partial charge >= 0.3 is 17.9 Å². The molecular formula is C53H56Cl6O19. The van der Waals surface area contributed by atoms with Crippen LogP contribution in [0.1, 0.15) is 160 Å². The number of carboxylic acid groups (broad SMARTS) is 1. The Kier molecular flexibility index (Phi) is 28.0. The Morgan fingerprint density at radius 2 is 0.936 bits per heavy atom. The van der Waals surface area contributed by atoms with Gasteiger partial charge in [-0.3, -0.25) is 47.9 Å². The highest BCUT2D eigenvalue weighted by atomic mass is 35.5. The lowest BCUT2D eigenvalue weighted by Gasteiger charge is -2.19. The molecule has 0 aliphatic heterocycles. The van der Waals surface area contributed by atoms with E-state index in [0.29, 0.717) is 6.29 Å². The third-order valence-corrected chi connectivity index (χ3v) is 10.6. The molecule has 19 nitrogen and oxygen atoms in total. The highest BCUT2D eigenvalue weighted by molar-refractivity contribution is 6.67. The largest absolute Gasteiger partial charge is 0.475 e. The number of carboxylic acids is 1. The summed E-state index contributed by atoms with van der Waals surface area (Å²) in [4.78, 5) is 121. The van der Waals surface area contributed by atoms with E-state index in [1.165, 1.54) is 74.5 Å². The highest BCUT2D eigenvalue weighted by Crippen LogP contribution is 2.34. The molecular weight excluding hydrogens is 1150 g/mol. The Morgan fingerprint density at radius 3 is 1.21 bits per heavy atom. The summed E-state index contributed by atoms with van der Waals surface area (Å²) in [7, 11) is 0. The molecule has 3 aliphatic rings. The lowest BCUT2D eigenvalue weighted by atomic mass is 9.91. The number of carbonyl (C=O) groups is 11. The minimum atomic E-state index is -1.23. The van der Waals surface area contributed by atoms with E-state index in [2.05, 4.69) is 13.3 Å². The molecule has 8 rings (SSSR count). The van der Waals surface area contributed by atoms with E-state index in [9.17, 15) is 52.7 Å². The average Bonchev–Trinajstić information content (AvgIpc) is 4.29. The Morgan fingerprint density at radius 1 is 0.551 bits per heavy atom. The molecule has 0 radical (unpaired) electrons. The lowest BCUT2D eigenvalue weighted by Crippen LogP contribution is -2.31. The van der Waals surface area contributed by atoms with Crippen LogP contribution in [-0.4, -0.2) is 80.4 Å². The number of hydrogen-bond donors (Lipinski definition) is 1. The van der Waals surface area contributed by atoms with Gasteiger partial charge in [-0.1, -0.05) is 0 Å². The van der Waals surface area contributed by atoms with Crippen LogP contribution in [-0.2, 0) is 38.2 Å². The van der Waals surface area contributed by atoms with E-state index < -0.39 is 40.3 Å². The first-order valence-corrected chi connectivity index (χ1v) is 25.7. The molecule has 1 atom stereocenters. The first-order valence-electron chi connectivity index (χ1n) is 23.4. The van der Waals surface area contributed by atoms with E-state index in [-0.39, 0.29) is 120 Å². The Bertz CT molecular complexity index is 2820. The van der Waals surface area contributed by atoms with E-state index >= 15 is 0 Å². The van der Waals surface area contributed by atoms with Crippen LogP contribution in [0.4, 0.5) is 0 Å². The zero-order chi connectivity index (χ0) is 59.2. The number of hydrogen-bond acceptors (Lipinski definition) is 18. The molecule has 0 bridgehead atoms. The zero-order valence-corrected chi connectivity index (χ0v) is 47.9. The molecule has 0 aromatic carbocycles. The van der Waals surface area contributed by atoms with Crippen molar-refractivity contribution in [3.8, 4) is 0 Å². The summed E-state index contributed by atoms with van der Waals surface area (Å²) in [5.41, 5.74) is -0.813. The van der Waals surface area contributed by atoms with Crippen molar-refractivity contribution < 1.29 is 89.4 Å². The first kappa shape index (κ1) is 68.0. The molecule has 25 heteroatoms. The van der Waals surface area contributed by atoms with Crippen LogP contribution in [0.3, 0.4) is 0 Å². The maximum atomic E-state index is 12.0. The Hall–Kier alpha value is -6.09. The van der Waals surface area contributed by atoms with Crippen LogP contribution in [0, 0.1) is 23.7 Å². The normalized spacial score (nSPS) is 13.5. The number of ketones is 6. The highest BCUT2D eigenvalue weighted by Gasteiger charge is 2.42. The van der Waals surface area contributed by atoms with E-state index in [4.69, 9.17) is 93.0 Å². The molecule has 3 aliphatic carbocycles. The number of aromatic carboxylic acids is 1. The number of rotatable bonds is 15. The average molecular weight is 1210 g/mol. The summed E-state index contributed by atoms with van der Waals surface area (Å²) in [6.07, 6.45) is 5.74. The molecule has 5 aromatic rings. The summed E-state index contributed by atoms with van der Waals surface area (Å²) in [6, 6.07) is 14.3. The lowest BCUT2D eigenvalue weighted by molar-refractivity contribution is -0.156. The zero-order valence-electron chi connectivity index (χ0n) is 43.4. The Balaban J connectivity index is 0.000000317. The molecule has 0 spiro atoms. The van der Waals surface area contributed by atoms with Gasteiger partial charge in [0.2, 0.25) is 17.3 Å². The summed E-state index contributed by atoms with van der Waals surface area (Å²) in [5.74, 6) is -4.09. The minimum absolute atomic E-state index is 0.0162. The number of ether oxygens (including phenoxy) is 2. The molecule has 0 saturated heterocycles. The van der Waals surface area contributed by atoms with Crippen molar-refractivity contribution in [2.45, 2.75) is 118 Å². The van der Waals surface area contributed by atoms with Crippen molar-refractivity contribution in [1.82, 2.24) is 0 Å². The summed E-state index contributed by atoms with van der Waals surface area (Å²) in [6.45, 7) is 13.6.